The minimum Gasteiger partial charge on any atom is -0.466 e. The van der Waals surface area contributed by atoms with Gasteiger partial charge < -0.3 is 14.9 Å². The zero-order valence-electron chi connectivity index (χ0n) is 13.5. The van der Waals surface area contributed by atoms with Crippen LogP contribution in [0.2, 0.25) is 0 Å². The van der Waals surface area contributed by atoms with Gasteiger partial charge in [-0.05, 0) is 40.1 Å². The summed E-state index contributed by atoms with van der Waals surface area (Å²) >= 11 is 0. The molecule has 0 spiro atoms. The number of ether oxygens (including phenoxy) is 1. The predicted molar refractivity (Wildman–Crippen MR) is 93.7 cm³/mol. The van der Waals surface area contributed by atoms with E-state index in [2.05, 4.69) is 6.07 Å². The number of carbonyl (C=O) groups excluding carboxylic acids is 1. The van der Waals surface area contributed by atoms with E-state index < -0.39 is 18.2 Å². The van der Waals surface area contributed by atoms with Crippen molar-refractivity contribution in [2.45, 2.75) is 25.6 Å². The largest absolute Gasteiger partial charge is 0.466 e. The monoisotopic (exact) mass is 324 g/mol. The summed E-state index contributed by atoms with van der Waals surface area (Å²) < 4.78 is 4.86. The Morgan fingerprint density at radius 1 is 1.00 bits per heavy atom. The van der Waals surface area contributed by atoms with Gasteiger partial charge in [0.05, 0.1) is 19.1 Å². The number of benzene rings is 3. The van der Waals surface area contributed by atoms with Gasteiger partial charge in [0, 0.05) is 0 Å². The van der Waals surface area contributed by atoms with E-state index >= 15 is 0 Å². The van der Waals surface area contributed by atoms with Gasteiger partial charge in [0.2, 0.25) is 0 Å². The molecule has 0 radical (unpaired) electrons. The molecule has 124 valence electrons. The van der Waals surface area contributed by atoms with Crippen molar-refractivity contribution in [2.75, 3.05) is 6.61 Å². The van der Waals surface area contributed by atoms with Gasteiger partial charge in [-0.15, -0.1) is 0 Å². The molecule has 0 heterocycles. The molecule has 4 heteroatoms. The number of fused-ring (bicyclic) bond motifs is 2. The second kappa shape index (κ2) is 6.99. The van der Waals surface area contributed by atoms with Crippen LogP contribution in [0, 0.1) is 0 Å². The number of hydrogen-bond donors (Lipinski definition) is 2. The lowest BCUT2D eigenvalue weighted by atomic mass is 9.90. The van der Waals surface area contributed by atoms with E-state index in [-0.39, 0.29) is 13.0 Å². The second-order valence-corrected chi connectivity index (χ2v) is 5.75. The fourth-order valence-corrected chi connectivity index (χ4v) is 3.06. The van der Waals surface area contributed by atoms with Crippen molar-refractivity contribution in [2.24, 2.45) is 0 Å². The number of hydrogen-bond acceptors (Lipinski definition) is 4. The lowest BCUT2D eigenvalue weighted by Crippen LogP contribution is -2.23. The first-order chi connectivity index (χ1) is 11.6. The lowest BCUT2D eigenvalue weighted by Gasteiger charge is -2.21. The molecular formula is C20H20O4. The Balaban J connectivity index is 2.10. The number of esters is 1. The molecule has 24 heavy (non-hydrogen) atoms. The molecule has 2 N–H and O–H groups in total. The fraction of sp³-hybridized carbons (Fsp3) is 0.250. The van der Waals surface area contributed by atoms with E-state index in [0.717, 1.165) is 21.5 Å². The van der Waals surface area contributed by atoms with Gasteiger partial charge in [-0.3, -0.25) is 4.79 Å². The molecule has 0 aromatic heterocycles. The maximum atomic E-state index is 11.6. The molecule has 0 aliphatic rings. The van der Waals surface area contributed by atoms with Gasteiger partial charge in [0.15, 0.2) is 0 Å². The molecule has 2 atom stereocenters. The third-order valence-corrected chi connectivity index (χ3v) is 4.15. The molecular weight excluding hydrogens is 304 g/mol. The van der Waals surface area contributed by atoms with E-state index in [1.165, 1.54) is 0 Å². The van der Waals surface area contributed by atoms with Gasteiger partial charge in [0.25, 0.3) is 0 Å². The van der Waals surface area contributed by atoms with E-state index in [4.69, 9.17) is 4.74 Å². The molecule has 0 saturated heterocycles. The van der Waals surface area contributed by atoms with Crippen LogP contribution in [-0.4, -0.2) is 28.9 Å². The van der Waals surface area contributed by atoms with Crippen molar-refractivity contribution in [1.82, 2.24) is 0 Å². The maximum Gasteiger partial charge on any atom is 0.308 e. The van der Waals surface area contributed by atoms with Gasteiger partial charge >= 0.3 is 5.97 Å². The van der Waals surface area contributed by atoms with Crippen LogP contribution in [0.3, 0.4) is 0 Å². The highest BCUT2D eigenvalue weighted by Gasteiger charge is 2.25. The molecule has 2 unspecified atom stereocenters. The van der Waals surface area contributed by atoms with Crippen molar-refractivity contribution >= 4 is 27.5 Å². The normalized spacial score (nSPS) is 13.8. The SMILES string of the molecule is CCOC(=O)CC(O)C(O)c1c2ccccc2cc2ccccc12. The molecule has 0 aliphatic carbocycles. The lowest BCUT2D eigenvalue weighted by molar-refractivity contribution is -0.147. The van der Waals surface area contributed by atoms with Crippen molar-refractivity contribution in [3.63, 3.8) is 0 Å². The minimum absolute atomic E-state index is 0.243. The molecule has 4 nitrogen and oxygen atoms in total. The highest BCUT2D eigenvalue weighted by atomic mass is 16.5. The average Bonchev–Trinajstić information content (AvgIpc) is 2.59. The van der Waals surface area contributed by atoms with Crippen LogP contribution >= 0.6 is 0 Å². The number of aliphatic hydroxyl groups excluding tert-OH is 2. The van der Waals surface area contributed by atoms with Crippen molar-refractivity contribution in [1.29, 1.82) is 0 Å². The van der Waals surface area contributed by atoms with Crippen LogP contribution in [0.25, 0.3) is 21.5 Å². The molecule has 0 bridgehead atoms. The molecule has 3 aromatic carbocycles. The van der Waals surface area contributed by atoms with Crippen molar-refractivity contribution in [3.05, 3.63) is 60.2 Å². The van der Waals surface area contributed by atoms with Crippen LogP contribution < -0.4 is 0 Å². The van der Waals surface area contributed by atoms with Crippen LogP contribution in [-0.2, 0) is 9.53 Å². The Bertz CT molecular complexity index is 818. The highest BCUT2D eigenvalue weighted by Crippen LogP contribution is 2.34. The van der Waals surface area contributed by atoms with Gasteiger partial charge in [-0.1, -0.05) is 48.5 Å². The van der Waals surface area contributed by atoms with Crippen molar-refractivity contribution < 1.29 is 19.7 Å². The summed E-state index contributed by atoms with van der Waals surface area (Å²) in [6.07, 6.45) is -2.64. The summed E-state index contributed by atoms with van der Waals surface area (Å²) in [5.74, 6) is -0.520. The Labute approximate surface area is 140 Å². The van der Waals surface area contributed by atoms with E-state index in [9.17, 15) is 15.0 Å². The molecule has 3 rings (SSSR count). The van der Waals surface area contributed by atoms with Crippen molar-refractivity contribution in [3.8, 4) is 0 Å². The van der Waals surface area contributed by atoms with Gasteiger partial charge in [-0.2, -0.15) is 0 Å². The quantitative estimate of drug-likeness (QED) is 0.558. The third kappa shape index (κ3) is 3.11. The number of rotatable bonds is 5. The summed E-state index contributed by atoms with van der Waals surface area (Å²) in [6.45, 7) is 1.96. The zero-order chi connectivity index (χ0) is 17.1. The van der Waals surface area contributed by atoms with Crippen LogP contribution in [0.4, 0.5) is 0 Å². The van der Waals surface area contributed by atoms with Gasteiger partial charge in [-0.25, -0.2) is 0 Å². The summed E-state index contributed by atoms with van der Waals surface area (Å²) in [4.78, 5) is 11.6. The zero-order valence-corrected chi connectivity index (χ0v) is 13.5. The first kappa shape index (κ1) is 16.4. The highest BCUT2D eigenvalue weighted by molar-refractivity contribution is 6.02. The minimum atomic E-state index is -1.22. The first-order valence-electron chi connectivity index (χ1n) is 8.04. The van der Waals surface area contributed by atoms with E-state index in [0.29, 0.717) is 5.56 Å². The fourth-order valence-electron chi connectivity index (χ4n) is 3.06. The molecule has 3 aromatic rings. The Kier molecular flexibility index (Phi) is 4.79. The average molecular weight is 324 g/mol. The third-order valence-electron chi connectivity index (χ3n) is 4.15. The maximum absolute atomic E-state index is 11.6. The molecule has 0 aliphatic heterocycles. The summed E-state index contributed by atoms with van der Waals surface area (Å²) in [5, 5.41) is 24.8. The van der Waals surface area contributed by atoms with Gasteiger partial charge in [0.1, 0.15) is 6.10 Å². The van der Waals surface area contributed by atoms with Crippen LogP contribution in [0.5, 0.6) is 0 Å². The summed E-state index contributed by atoms with van der Waals surface area (Å²) in [5.41, 5.74) is 0.639. The van der Waals surface area contributed by atoms with Crippen LogP contribution in [0.15, 0.2) is 54.6 Å². The Morgan fingerprint density at radius 2 is 1.54 bits per heavy atom. The Hall–Kier alpha value is -2.43. The number of aliphatic hydroxyl groups is 2. The molecule has 0 amide bonds. The smallest absolute Gasteiger partial charge is 0.308 e. The van der Waals surface area contributed by atoms with E-state index in [1.807, 2.05) is 48.5 Å². The second-order valence-electron chi connectivity index (χ2n) is 5.75. The predicted octanol–water partition coefficient (Wildman–Crippen LogP) is 3.34. The Morgan fingerprint density at radius 3 is 2.08 bits per heavy atom. The molecule has 0 saturated carbocycles. The first-order valence-corrected chi connectivity index (χ1v) is 8.04. The van der Waals surface area contributed by atoms with E-state index in [1.54, 1.807) is 6.92 Å². The molecule has 0 fully saturated rings. The summed E-state index contributed by atoms with van der Waals surface area (Å²) in [6, 6.07) is 17.5. The summed E-state index contributed by atoms with van der Waals surface area (Å²) in [7, 11) is 0. The standard InChI is InChI=1S/C20H20O4/c1-2-24-18(22)12-17(21)20(23)19-15-9-5-3-7-13(15)11-14-8-4-6-10-16(14)19/h3-11,17,20-21,23H,2,12H2,1H3. The number of carbonyl (C=O) groups is 1. The van der Waals surface area contributed by atoms with Crippen LogP contribution in [0.1, 0.15) is 25.0 Å². The topological polar surface area (TPSA) is 66.8 Å².